The summed E-state index contributed by atoms with van der Waals surface area (Å²) < 4.78 is 0. The number of hydrogen-bond donors (Lipinski definition) is 2. The summed E-state index contributed by atoms with van der Waals surface area (Å²) in [4.78, 5) is 7.52. The van der Waals surface area contributed by atoms with E-state index in [1.54, 1.807) is 0 Å². The maximum atomic E-state index is 4.88. The second-order valence-corrected chi connectivity index (χ2v) is 7.86. The number of nitrogens with zero attached hydrogens (tertiary/aromatic N) is 2. The van der Waals surface area contributed by atoms with Crippen molar-refractivity contribution in [2.75, 3.05) is 44.7 Å². The lowest BCUT2D eigenvalue weighted by Gasteiger charge is -2.28. The molecule has 2 N–H and O–H groups in total. The van der Waals surface area contributed by atoms with E-state index in [1.807, 2.05) is 11.8 Å². The van der Waals surface area contributed by atoms with Gasteiger partial charge in [-0.15, -0.1) is 24.0 Å². The fourth-order valence-corrected chi connectivity index (χ4v) is 3.60. The molecule has 0 aromatic carbocycles. The highest BCUT2D eigenvalue weighted by Crippen LogP contribution is 2.18. The lowest BCUT2D eigenvalue weighted by molar-refractivity contribution is 0.218. The Bertz CT molecular complexity index is 320. The summed E-state index contributed by atoms with van der Waals surface area (Å²) >= 11 is 1.93. The van der Waals surface area contributed by atoms with E-state index < -0.39 is 0 Å². The zero-order valence-electron chi connectivity index (χ0n) is 16.1. The van der Waals surface area contributed by atoms with Gasteiger partial charge in [-0.05, 0) is 70.0 Å². The maximum absolute atomic E-state index is 4.88. The number of guanidine groups is 1. The van der Waals surface area contributed by atoms with Crippen molar-refractivity contribution in [1.82, 2.24) is 15.5 Å². The molecule has 0 saturated carbocycles. The third-order valence-corrected chi connectivity index (χ3v) is 4.97. The molecule has 1 aliphatic rings. The Labute approximate surface area is 171 Å². The molecule has 0 amide bonds. The number of hydrogen-bond acceptors (Lipinski definition) is 3. The van der Waals surface area contributed by atoms with Crippen LogP contribution in [0.1, 0.15) is 52.9 Å². The van der Waals surface area contributed by atoms with Crippen molar-refractivity contribution < 1.29 is 0 Å². The van der Waals surface area contributed by atoms with Gasteiger partial charge in [0, 0.05) is 19.1 Å². The van der Waals surface area contributed by atoms with Gasteiger partial charge in [0.05, 0.1) is 6.54 Å². The predicted molar refractivity (Wildman–Crippen MR) is 121 cm³/mol. The van der Waals surface area contributed by atoms with Crippen LogP contribution in [-0.2, 0) is 0 Å². The van der Waals surface area contributed by atoms with Crippen molar-refractivity contribution >= 4 is 41.7 Å². The molecule has 144 valence electrons. The van der Waals surface area contributed by atoms with Gasteiger partial charge in [0.15, 0.2) is 5.96 Å². The smallest absolute Gasteiger partial charge is 0.191 e. The van der Waals surface area contributed by atoms with Crippen molar-refractivity contribution in [3.05, 3.63) is 0 Å². The van der Waals surface area contributed by atoms with Crippen molar-refractivity contribution in [1.29, 1.82) is 0 Å². The molecular weight excluding hydrogens is 431 g/mol. The van der Waals surface area contributed by atoms with Gasteiger partial charge in [0.2, 0.25) is 0 Å². The van der Waals surface area contributed by atoms with Crippen LogP contribution in [0.5, 0.6) is 0 Å². The highest BCUT2D eigenvalue weighted by molar-refractivity contribution is 14.0. The quantitative estimate of drug-likeness (QED) is 0.209. The molecular formula is C18H39IN4S. The Kier molecular flexibility index (Phi) is 15.8. The van der Waals surface area contributed by atoms with E-state index in [-0.39, 0.29) is 24.0 Å². The molecule has 1 atom stereocenters. The van der Waals surface area contributed by atoms with Crippen LogP contribution in [0.15, 0.2) is 4.99 Å². The molecule has 0 bridgehead atoms. The van der Waals surface area contributed by atoms with Gasteiger partial charge in [0.25, 0.3) is 0 Å². The predicted octanol–water partition coefficient (Wildman–Crippen LogP) is 3.81. The van der Waals surface area contributed by atoms with E-state index in [0.717, 1.165) is 31.5 Å². The molecule has 1 saturated heterocycles. The SMILES string of the molecule is CCNC(=NCC(CC(C)C)N1CCCC1)NCCCCSC.I. The van der Waals surface area contributed by atoms with Crippen LogP contribution in [0.4, 0.5) is 0 Å². The maximum Gasteiger partial charge on any atom is 0.191 e. The van der Waals surface area contributed by atoms with Gasteiger partial charge < -0.3 is 10.6 Å². The number of halogens is 1. The van der Waals surface area contributed by atoms with Crippen LogP contribution in [0, 0.1) is 5.92 Å². The number of aliphatic imine (C=N–C) groups is 1. The van der Waals surface area contributed by atoms with Crippen LogP contribution in [0.3, 0.4) is 0 Å². The second-order valence-electron chi connectivity index (χ2n) is 6.87. The van der Waals surface area contributed by atoms with E-state index in [1.165, 1.54) is 50.9 Å². The summed E-state index contributed by atoms with van der Waals surface area (Å²) in [7, 11) is 0. The Hall–Kier alpha value is 0.310. The van der Waals surface area contributed by atoms with Gasteiger partial charge in [-0.3, -0.25) is 9.89 Å². The number of rotatable bonds is 11. The Morgan fingerprint density at radius 3 is 2.46 bits per heavy atom. The minimum atomic E-state index is 0. The van der Waals surface area contributed by atoms with Gasteiger partial charge in [-0.1, -0.05) is 13.8 Å². The van der Waals surface area contributed by atoms with Gasteiger partial charge >= 0.3 is 0 Å². The zero-order valence-corrected chi connectivity index (χ0v) is 19.3. The lowest BCUT2D eigenvalue weighted by Crippen LogP contribution is -2.41. The topological polar surface area (TPSA) is 39.7 Å². The zero-order chi connectivity index (χ0) is 16.9. The Balaban J connectivity index is 0.00000529. The van der Waals surface area contributed by atoms with E-state index in [2.05, 4.69) is 42.6 Å². The minimum absolute atomic E-state index is 0. The average Bonchev–Trinajstić information content (AvgIpc) is 3.04. The first-order valence-electron chi connectivity index (χ1n) is 9.42. The van der Waals surface area contributed by atoms with Gasteiger partial charge in [0.1, 0.15) is 0 Å². The van der Waals surface area contributed by atoms with Crippen molar-refractivity contribution in [2.24, 2.45) is 10.9 Å². The van der Waals surface area contributed by atoms with Crippen molar-refractivity contribution in [2.45, 2.75) is 58.9 Å². The van der Waals surface area contributed by atoms with E-state index in [4.69, 9.17) is 4.99 Å². The molecule has 1 heterocycles. The molecule has 0 aromatic heterocycles. The average molecular weight is 471 g/mol. The number of nitrogens with one attached hydrogen (secondary N) is 2. The fourth-order valence-electron chi connectivity index (χ4n) is 3.11. The van der Waals surface area contributed by atoms with Gasteiger partial charge in [-0.25, -0.2) is 0 Å². The molecule has 6 heteroatoms. The molecule has 1 fully saturated rings. The Morgan fingerprint density at radius 1 is 1.17 bits per heavy atom. The molecule has 1 unspecified atom stereocenters. The molecule has 0 aromatic rings. The Morgan fingerprint density at radius 2 is 1.88 bits per heavy atom. The van der Waals surface area contributed by atoms with Crippen LogP contribution in [0.25, 0.3) is 0 Å². The first-order valence-corrected chi connectivity index (χ1v) is 10.8. The summed E-state index contributed by atoms with van der Waals surface area (Å²) in [6, 6.07) is 0.601. The first kappa shape index (κ1) is 24.3. The normalized spacial score (nSPS) is 17.0. The standard InChI is InChI=1S/C18H38N4S.HI/c1-5-19-18(20-10-6-9-13-23-4)21-15-17(14-16(2)3)22-11-7-8-12-22;/h16-17H,5-15H2,1-4H3,(H2,19,20,21);1H. The monoisotopic (exact) mass is 470 g/mol. The van der Waals surface area contributed by atoms with Crippen molar-refractivity contribution in [3.8, 4) is 0 Å². The summed E-state index contributed by atoms with van der Waals surface area (Å²) in [5, 5.41) is 6.88. The van der Waals surface area contributed by atoms with E-state index in [9.17, 15) is 0 Å². The third-order valence-electron chi connectivity index (χ3n) is 4.27. The highest BCUT2D eigenvalue weighted by atomic mass is 127. The van der Waals surface area contributed by atoms with E-state index in [0.29, 0.717) is 6.04 Å². The van der Waals surface area contributed by atoms with Crippen LogP contribution in [0.2, 0.25) is 0 Å². The molecule has 0 aliphatic carbocycles. The third kappa shape index (κ3) is 11.0. The number of thioether (sulfide) groups is 1. The molecule has 4 nitrogen and oxygen atoms in total. The van der Waals surface area contributed by atoms with E-state index >= 15 is 0 Å². The fraction of sp³-hybridized carbons (Fsp3) is 0.944. The van der Waals surface area contributed by atoms with Crippen LogP contribution >= 0.6 is 35.7 Å². The molecule has 0 spiro atoms. The van der Waals surface area contributed by atoms with Crippen LogP contribution < -0.4 is 10.6 Å². The molecule has 24 heavy (non-hydrogen) atoms. The minimum Gasteiger partial charge on any atom is -0.357 e. The largest absolute Gasteiger partial charge is 0.357 e. The molecule has 1 aliphatic heterocycles. The second kappa shape index (κ2) is 15.6. The number of unbranched alkanes of at least 4 members (excludes halogenated alkanes) is 1. The summed E-state index contributed by atoms with van der Waals surface area (Å²) in [5.74, 6) is 2.98. The lowest BCUT2D eigenvalue weighted by atomic mass is 10.0. The summed E-state index contributed by atoms with van der Waals surface area (Å²) in [5.41, 5.74) is 0. The molecule has 0 radical (unpaired) electrons. The first-order chi connectivity index (χ1) is 11.2. The summed E-state index contributed by atoms with van der Waals surface area (Å²) in [6.07, 6.45) is 8.62. The highest BCUT2D eigenvalue weighted by Gasteiger charge is 2.22. The van der Waals surface area contributed by atoms with Gasteiger partial charge in [-0.2, -0.15) is 11.8 Å². The summed E-state index contributed by atoms with van der Waals surface area (Å²) in [6.45, 7) is 12.1. The van der Waals surface area contributed by atoms with Crippen LogP contribution in [-0.4, -0.2) is 61.6 Å². The molecule has 1 rings (SSSR count). The van der Waals surface area contributed by atoms with Crippen molar-refractivity contribution in [3.63, 3.8) is 0 Å². The number of likely N-dealkylation sites (tertiary alicyclic amines) is 1.